The number of halogens is 1. The maximum absolute atomic E-state index is 5.30. The summed E-state index contributed by atoms with van der Waals surface area (Å²) in [7, 11) is 1.84. The molecule has 2 aromatic heterocycles. The van der Waals surface area contributed by atoms with Gasteiger partial charge in [0.1, 0.15) is 16.6 Å². The summed E-state index contributed by atoms with van der Waals surface area (Å²) in [6.45, 7) is 0. The van der Waals surface area contributed by atoms with Gasteiger partial charge in [-0.1, -0.05) is 0 Å². The SMILES string of the molecule is Cn1cc(Nc2ncnc(NN)c2Br)cn1. The maximum Gasteiger partial charge on any atom is 0.159 e. The van der Waals surface area contributed by atoms with Crippen LogP contribution in [0.3, 0.4) is 0 Å². The van der Waals surface area contributed by atoms with E-state index in [1.54, 1.807) is 10.9 Å². The Kier molecular flexibility index (Phi) is 3.02. The van der Waals surface area contributed by atoms with Crippen molar-refractivity contribution in [3.05, 3.63) is 23.2 Å². The number of hydrogen-bond acceptors (Lipinski definition) is 6. The van der Waals surface area contributed by atoms with E-state index in [0.717, 1.165) is 5.69 Å². The molecule has 0 saturated heterocycles. The number of nitrogens with two attached hydrogens (primary N) is 1. The fourth-order valence-corrected chi connectivity index (χ4v) is 1.60. The van der Waals surface area contributed by atoms with Crippen LogP contribution in [-0.4, -0.2) is 19.7 Å². The fourth-order valence-electron chi connectivity index (χ4n) is 1.18. The van der Waals surface area contributed by atoms with Gasteiger partial charge >= 0.3 is 0 Å². The first-order valence-corrected chi connectivity index (χ1v) is 5.23. The molecule has 8 heteroatoms. The molecule has 16 heavy (non-hydrogen) atoms. The third kappa shape index (κ3) is 2.12. The van der Waals surface area contributed by atoms with Crippen LogP contribution in [0, 0.1) is 0 Å². The Bertz CT molecular complexity index is 495. The van der Waals surface area contributed by atoms with E-state index in [1.807, 2.05) is 13.2 Å². The van der Waals surface area contributed by atoms with E-state index in [-0.39, 0.29) is 0 Å². The van der Waals surface area contributed by atoms with Gasteiger partial charge in [0.05, 0.1) is 11.9 Å². The Hall–Kier alpha value is -1.67. The molecule has 0 atom stereocenters. The number of anilines is 3. The van der Waals surface area contributed by atoms with E-state index in [1.165, 1.54) is 6.33 Å². The lowest BCUT2D eigenvalue weighted by molar-refractivity contribution is 0.768. The smallest absolute Gasteiger partial charge is 0.159 e. The molecular formula is C8H10BrN7. The van der Waals surface area contributed by atoms with E-state index in [4.69, 9.17) is 5.84 Å². The van der Waals surface area contributed by atoms with Gasteiger partial charge in [-0.25, -0.2) is 15.8 Å². The van der Waals surface area contributed by atoms with Crippen LogP contribution in [0.5, 0.6) is 0 Å². The first-order chi connectivity index (χ1) is 7.70. The van der Waals surface area contributed by atoms with Crippen molar-refractivity contribution in [2.45, 2.75) is 0 Å². The zero-order chi connectivity index (χ0) is 11.5. The molecule has 7 nitrogen and oxygen atoms in total. The Morgan fingerprint density at radius 2 is 2.12 bits per heavy atom. The molecule has 0 aromatic carbocycles. The second-order valence-electron chi connectivity index (χ2n) is 3.06. The summed E-state index contributed by atoms with van der Waals surface area (Å²) in [5.41, 5.74) is 3.31. The van der Waals surface area contributed by atoms with Crippen molar-refractivity contribution in [2.75, 3.05) is 10.7 Å². The van der Waals surface area contributed by atoms with Crippen LogP contribution in [0.4, 0.5) is 17.3 Å². The highest BCUT2D eigenvalue weighted by Crippen LogP contribution is 2.27. The van der Waals surface area contributed by atoms with Crippen LogP contribution < -0.4 is 16.6 Å². The number of rotatable bonds is 3. The molecule has 2 heterocycles. The molecule has 84 valence electrons. The van der Waals surface area contributed by atoms with Crippen molar-refractivity contribution < 1.29 is 0 Å². The van der Waals surface area contributed by atoms with E-state index < -0.39 is 0 Å². The van der Waals surface area contributed by atoms with E-state index >= 15 is 0 Å². The Labute approximate surface area is 100 Å². The number of nitrogen functional groups attached to an aromatic ring is 1. The minimum Gasteiger partial charge on any atom is -0.337 e. The van der Waals surface area contributed by atoms with E-state index in [0.29, 0.717) is 16.1 Å². The number of nitrogens with one attached hydrogen (secondary N) is 2. The van der Waals surface area contributed by atoms with Crippen LogP contribution in [0.15, 0.2) is 23.2 Å². The van der Waals surface area contributed by atoms with Crippen LogP contribution in [0.25, 0.3) is 0 Å². The third-order valence-corrected chi connectivity index (χ3v) is 2.64. The Morgan fingerprint density at radius 3 is 2.75 bits per heavy atom. The molecule has 0 radical (unpaired) electrons. The molecule has 0 aliphatic rings. The van der Waals surface area contributed by atoms with Gasteiger partial charge in [0.15, 0.2) is 5.82 Å². The van der Waals surface area contributed by atoms with Crippen molar-refractivity contribution in [1.82, 2.24) is 19.7 Å². The van der Waals surface area contributed by atoms with Crippen molar-refractivity contribution in [1.29, 1.82) is 0 Å². The van der Waals surface area contributed by atoms with E-state index in [2.05, 4.69) is 41.7 Å². The van der Waals surface area contributed by atoms with E-state index in [9.17, 15) is 0 Å². The van der Waals surface area contributed by atoms with Crippen LogP contribution in [-0.2, 0) is 7.05 Å². The summed E-state index contributed by atoms with van der Waals surface area (Å²) in [5.74, 6) is 6.44. The zero-order valence-corrected chi connectivity index (χ0v) is 10.1. The molecular weight excluding hydrogens is 274 g/mol. The second-order valence-corrected chi connectivity index (χ2v) is 3.85. The molecule has 2 aromatic rings. The number of aryl methyl sites for hydroxylation is 1. The summed E-state index contributed by atoms with van der Waals surface area (Å²) in [6, 6.07) is 0. The lowest BCUT2D eigenvalue weighted by Crippen LogP contribution is -2.10. The second kappa shape index (κ2) is 4.45. The lowest BCUT2D eigenvalue weighted by atomic mass is 10.5. The molecule has 0 saturated carbocycles. The standard InChI is InChI=1S/C8H10BrN7/c1-16-3-5(2-13-16)14-7-6(9)8(15-10)12-4-11-7/h2-4H,10H2,1H3,(H2,11,12,14,15). The number of hydrogen-bond donors (Lipinski definition) is 3. The first kappa shape index (κ1) is 10.8. The van der Waals surface area contributed by atoms with Crippen LogP contribution in [0.1, 0.15) is 0 Å². The zero-order valence-electron chi connectivity index (χ0n) is 8.48. The van der Waals surface area contributed by atoms with Gasteiger partial charge in [0, 0.05) is 13.2 Å². The molecule has 2 rings (SSSR count). The van der Waals surface area contributed by atoms with Crippen molar-refractivity contribution in [3.8, 4) is 0 Å². The van der Waals surface area contributed by atoms with Crippen LogP contribution >= 0.6 is 15.9 Å². The molecule has 0 spiro atoms. The highest BCUT2D eigenvalue weighted by molar-refractivity contribution is 9.10. The molecule has 0 amide bonds. The summed E-state index contributed by atoms with van der Waals surface area (Å²) in [6.07, 6.45) is 4.95. The van der Waals surface area contributed by atoms with Gasteiger partial charge in [-0.05, 0) is 15.9 Å². The average Bonchev–Trinajstić information content (AvgIpc) is 2.67. The first-order valence-electron chi connectivity index (χ1n) is 4.43. The number of aromatic nitrogens is 4. The predicted molar refractivity (Wildman–Crippen MR) is 64.0 cm³/mol. The number of hydrazine groups is 1. The summed E-state index contributed by atoms with van der Waals surface area (Å²) >= 11 is 3.35. The lowest BCUT2D eigenvalue weighted by Gasteiger charge is -2.07. The highest BCUT2D eigenvalue weighted by atomic mass is 79.9. The van der Waals surface area contributed by atoms with Gasteiger partial charge in [-0.3, -0.25) is 4.68 Å². The molecule has 0 aliphatic heterocycles. The molecule has 4 N–H and O–H groups in total. The monoisotopic (exact) mass is 283 g/mol. The number of nitrogens with zero attached hydrogens (tertiary/aromatic N) is 4. The molecule has 0 bridgehead atoms. The Morgan fingerprint density at radius 1 is 1.38 bits per heavy atom. The minimum absolute atomic E-state index is 0.515. The van der Waals surface area contributed by atoms with Gasteiger partial charge < -0.3 is 10.7 Å². The average molecular weight is 284 g/mol. The van der Waals surface area contributed by atoms with Gasteiger partial charge in [-0.15, -0.1) is 0 Å². The predicted octanol–water partition coefficient (Wildman–Crippen LogP) is 1.00. The topological polar surface area (TPSA) is 93.7 Å². The van der Waals surface area contributed by atoms with Gasteiger partial charge in [-0.2, -0.15) is 5.10 Å². The quantitative estimate of drug-likeness (QED) is 0.575. The van der Waals surface area contributed by atoms with Crippen molar-refractivity contribution in [2.24, 2.45) is 12.9 Å². The van der Waals surface area contributed by atoms with Crippen molar-refractivity contribution >= 4 is 33.3 Å². The Balaban J connectivity index is 2.28. The van der Waals surface area contributed by atoms with Gasteiger partial charge in [0.25, 0.3) is 0 Å². The van der Waals surface area contributed by atoms with Crippen LogP contribution in [0.2, 0.25) is 0 Å². The minimum atomic E-state index is 0.515. The largest absolute Gasteiger partial charge is 0.337 e. The normalized spacial score (nSPS) is 10.2. The summed E-state index contributed by atoms with van der Waals surface area (Å²) < 4.78 is 2.36. The molecule has 0 fully saturated rings. The fraction of sp³-hybridized carbons (Fsp3) is 0.125. The molecule has 0 aliphatic carbocycles. The maximum atomic E-state index is 5.30. The highest BCUT2D eigenvalue weighted by Gasteiger charge is 2.08. The van der Waals surface area contributed by atoms with Gasteiger partial charge in [0.2, 0.25) is 0 Å². The summed E-state index contributed by atoms with van der Waals surface area (Å²) in [4.78, 5) is 8.04. The summed E-state index contributed by atoms with van der Waals surface area (Å²) in [5, 5.41) is 7.13. The molecule has 0 unspecified atom stereocenters. The van der Waals surface area contributed by atoms with Crippen molar-refractivity contribution in [3.63, 3.8) is 0 Å². The third-order valence-electron chi connectivity index (χ3n) is 1.89.